The van der Waals surface area contributed by atoms with Crippen LogP contribution in [0.5, 0.6) is 0 Å². The van der Waals surface area contributed by atoms with E-state index in [1.165, 1.54) is 116 Å². The number of thiocarbonyl (C=S) groups is 1. The summed E-state index contributed by atoms with van der Waals surface area (Å²) in [6.45, 7) is 6.96. The Kier molecular flexibility index (Phi) is 30.4. The van der Waals surface area contributed by atoms with E-state index in [1.54, 1.807) is 18.5 Å². The van der Waals surface area contributed by atoms with Crippen LogP contribution in [0.3, 0.4) is 0 Å². The molecule has 0 aromatic rings. The molecule has 29 heavy (non-hydrogen) atoms. The van der Waals surface area contributed by atoms with Gasteiger partial charge in [-0.05, 0) is 50.0 Å². The van der Waals surface area contributed by atoms with Gasteiger partial charge in [0.05, 0.1) is 0 Å². The second kappa shape index (κ2) is 28.1. The Balaban J connectivity index is 0. The summed E-state index contributed by atoms with van der Waals surface area (Å²) in [5, 5.41) is 0.000000000000000222. The van der Waals surface area contributed by atoms with Crippen molar-refractivity contribution in [1.82, 2.24) is 0 Å². The van der Waals surface area contributed by atoms with E-state index in [-0.39, 0.29) is 5.11 Å². The van der Waals surface area contributed by atoms with Gasteiger partial charge in [-0.25, -0.2) is 0 Å². The predicted molar refractivity (Wildman–Crippen MR) is 143 cm³/mol. The van der Waals surface area contributed by atoms with Gasteiger partial charge in [-0.1, -0.05) is 117 Å². The fourth-order valence-electron chi connectivity index (χ4n) is 3.68. The molecule has 0 saturated heterocycles. The molecule has 0 aromatic carbocycles. The van der Waals surface area contributed by atoms with Crippen LogP contribution in [0, 0.1) is 0 Å². The van der Waals surface area contributed by atoms with Gasteiger partial charge in [0.2, 0.25) is 0 Å². The van der Waals surface area contributed by atoms with Crippen molar-refractivity contribution in [3.63, 3.8) is 0 Å². The van der Waals surface area contributed by atoms with E-state index in [0.29, 0.717) is 7.92 Å². The molecule has 0 aromatic heterocycles. The Morgan fingerprint density at radius 1 is 0.483 bits per heavy atom. The lowest BCUT2D eigenvalue weighted by molar-refractivity contribution is 0.617. The van der Waals surface area contributed by atoms with Crippen LogP contribution in [0.4, 0.5) is 0 Å². The highest BCUT2D eigenvalue weighted by molar-refractivity contribution is 7.80. The summed E-state index contributed by atoms with van der Waals surface area (Å²) in [6.07, 6.45) is 31.2. The molecule has 0 saturated carbocycles. The van der Waals surface area contributed by atoms with Crippen molar-refractivity contribution in [1.29, 1.82) is 0 Å². The first-order valence-electron chi connectivity index (χ1n) is 12.9. The largest absolute Gasteiger partial charge is 0.377 e. The molecule has 4 N–H and O–H groups in total. The zero-order valence-corrected chi connectivity index (χ0v) is 22.1. The van der Waals surface area contributed by atoms with Crippen LogP contribution in [0.2, 0.25) is 0 Å². The molecule has 0 unspecified atom stereocenters. The summed E-state index contributed by atoms with van der Waals surface area (Å²) in [5.74, 6) is 0. The molecule has 0 aliphatic carbocycles. The topological polar surface area (TPSA) is 52.0 Å². The average Bonchev–Trinajstić information content (AvgIpc) is 2.68. The molecule has 0 aliphatic rings. The average molecular weight is 447 g/mol. The van der Waals surface area contributed by atoms with E-state index >= 15 is 0 Å². The molecule has 4 heteroatoms. The first kappa shape index (κ1) is 31.3. The zero-order chi connectivity index (χ0) is 22.0. The summed E-state index contributed by atoms with van der Waals surface area (Å²) < 4.78 is 0. The van der Waals surface area contributed by atoms with Crippen molar-refractivity contribution in [3.8, 4) is 0 Å². The lowest BCUT2D eigenvalue weighted by Crippen LogP contribution is -2.18. The predicted octanol–water partition coefficient (Wildman–Crippen LogP) is 8.74. The third kappa shape index (κ3) is 33.0. The quantitative estimate of drug-likeness (QED) is 0.105. The maximum atomic E-state index is 4.62. The molecule has 0 rings (SSSR count). The number of hydrogen-bond acceptors (Lipinski definition) is 1. The molecule has 0 atom stereocenters. The van der Waals surface area contributed by atoms with Crippen LogP contribution in [-0.4, -0.2) is 23.6 Å². The lowest BCUT2D eigenvalue weighted by atomic mass is 10.1. The van der Waals surface area contributed by atoms with Crippen molar-refractivity contribution in [2.45, 2.75) is 136 Å². The maximum Gasteiger partial charge on any atom is 0.160 e. The van der Waals surface area contributed by atoms with Crippen molar-refractivity contribution in [2.75, 3.05) is 18.5 Å². The van der Waals surface area contributed by atoms with Gasteiger partial charge in [-0.3, -0.25) is 0 Å². The van der Waals surface area contributed by atoms with Gasteiger partial charge in [0.15, 0.2) is 5.11 Å². The summed E-state index contributed by atoms with van der Waals surface area (Å²) in [5.41, 5.74) is 9.24. The van der Waals surface area contributed by atoms with Gasteiger partial charge < -0.3 is 11.5 Å². The molecule has 0 spiro atoms. The van der Waals surface area contributed by atoms with Gasteiger partial charge in [0.1, 0.15) is 0 Å². The SMILES string of the molecule is CCCCCCCCP(CCCCCCCC)CCCCCCCC.NC(N)=S. The molecule has 0 amide bonds. The minimum absolute atomic E-state index is 0.000000000000000222. The highest BCUT2D eigenvalue weighted by Crippen LogP contribution is 2.39. The van der Waals surface area contributed by atoms with Crippen LogP contribution in [0.25, 0.3) is 0 Å². The second-order valence-corrected chi connectivity index (χ2v) is 11.7. The standard InChI is InChI=1S/C24H51P.CH4N2S/c1-4-7-10-13-16-19-22-25(23-20-17-14-11-8-5-2)24-21-18-15-12-9-6-3;2-1(3)4/h4-24H2,1-3H3;(H4,2,3,4). The molecule has 0 aliphatic heterocycles. The monoisotopic (exact) mass is 446 g/mol. The van der Waals surface area contributed by atoms with Crippen molar-refractivity contribution >= 4 is 25.3 Å². The summed E-state index contributed by atoms with van der Waals surface area (Å²) >= 11 is 4.09. The Labute approximate surface area is 191 Å². The number of nitrogens with two attached hydrogens (primary N) is 2. The van der Waals surface area contributed by atoms with Crippen LogP contribution >= 0.6 is 20.1 Å². The minimum atomic E-state index is 0.000000000000000222. The van der Waals surface area contributed by atoms with E-state index in [2.05, 4.69) is 44.5 Å². The van der Waals surface area contributed by atoms with E-state index < -0.39 is 0 Å². The van der Waals surface area contributed by atoms with Gasteiger partial charge in [-0.15, -0.1) is 7.92 Å². The maximum absolute atomic E-state index is 4.62. The van der Waals surface area contributed by atoms with Crippen molar-refractivity contribution < 1.29 is 0 Å². The molecule has 0 radical (unpaired) electrons. The molecule has 0 bridgehead atoms. The zero-order valence-electron chi connectivity index (χ0n) is 20.4. The van der Waals surface area contributed by atoms with Crippen molar-refractivity contribution in [3.05, 3.63) is 0 Å². The summed E-state index contributed by atoms with van der Waals surface area (Å²) in [4.78, 5) is 0. The number of rotatable bonds is 21. The van der Waals surface area contributed by atoms with Gasteiger partial charge in [0, 0.05) is 0 Å². The summed E-state index contributed by atoms with van der Waals surface area (Å²) in [7, 11) is 0.366. The van der Waals surface area contributed by atoms with Crippen LogP contribution in [-0.2, 0) is 0 Å². The molecule has 0 heterocycles. The van der Waals surface area contributed by atoms with Crippen LogP contribution in [0.1, 0.15) is 136 Å². The smallest absolute Gasteiger partial charge is 0.160 e. The van der Waals surface area contributed by atoms with Gasteiger partial charge in [0.25, 0.3) is 0 Å². The fraction of sp³-hybridized carbons (Fsp3) is 0.960. The number of hydrogen-bond donors (Lipinski definition) is 2. The van der Waals surface area contributed by atoms with Gasteiger partial charge >= 0.3 is 0 Å². The first-order chi connectivity index (χ1) is 14.1. The molecule has 2 nitrogen and oxygen atoms in total. The van der Waals surface area contributed by atoms with Gasteiger partial charge in [-0.2, -0.15) is 0 Å². The Bertz CT molecular complexity index is 271. The molecular formula is C25H55N2PS. The highest BCUT2D eigenvalue weighted by atomic mass is 32.1. The second-order valence-electron chi connectivity index (χ2n) is 8.55. The minimum Gasteiger partial charge on any atom is -0.377 e. The Hall–Kier alpha value is 0.120. The third-order valence-corrected chi connectivity index (χ3v) is 8.33. The normalized spacial score (nSPS) is 10.8. The van der Waals surface area contributed by atoms with Crippen LogP contribution < -0.4 is 11.5 Å². The Morgan fingerprint density at radius 2 is 0.690 bits per heavy atom. The highest BCUT2D eigenvalue weighted by Gasteiger charge is 2.07. The first-order valence-corrected chi connectivity index (χ1v) is 15.2. The van der Waals surface area contributed by atoms with E-state index in [4.69, 9.17) is 0 Å². The van der Waals surface area contributed by atoms with E-state index in [9.17, 15) is 0 Å². The lowest BCUT2D eigenvalue weighted by Gasteiger charge is -2.18. The summed E-state index contributed by atoms with van der Waals surface area (Å²) in [6, 6.07) is 0. The van der Waals surface area contributed by atoms with Crippen molar-refractivity contribution in [2.24, 2.45) is 11.5 Å². The third-order valence-electron chi connectivity index (χ3n) is 5.48. The van der Waals surface area contributed by atoms with Crippen LogP contribution in [0.15, 0.2) is 0 Å². The fourth-order valence-corrected chi connectivity index (χ4v) is 6.37. The Morgan fingerprint density at radius 3 is 0.931 bits per heavy atom. The molecule has 176 valence electrons. The van der Waals surface area contributed by atoms with E-state index in [0.717, 1.165) is 0 Å². The van der Waals surface area contributed by atoms with E-state index in [1.807, 2.05) is 0 Å². The molecule has 0 fully saturated rings. The molecular weight excluding hydrogens is 391 g/mol. The number of unbranched alkanes of at least 4 members (excludes halogenated alkanes) is 15.